The Morgan fingerprint density at radius 2 is 2.00 bits per heavy atom. The second kappa shape index (κ2) is 7.90. The molecule has 1 heterocycles. The first kappa shape index (κ1) is 16.4. The number of likely N-dealkylation sites (N-methyl/N-ethyl adjacent to an activating group) is 1. The summed E-state index contributed by atoms with van der Waals surface area (Å²) < 4.78 is 0. The lowest BCUT2D eigenvalue weighted by atomic mass is 10.1. The quantitative estimate of drug-likeness (QED) is 0.845. The lowest BCUT2D eigenvalue weighted by Gasteiger charge is -2.26. The second-order valence-corrected chi connectivity index (χ2v) is 7.19. The monoisotopic (exact) mass is 309 g/mol. The van der Waals surface area contributed by atoms with Crippen LogP contribution in [0.5, 0.6) is 0 Å². The van der Waals surface area contributed by atoms with Crippen LogP contribution in [0.1, 0.15) is 56.0 Å². The normalized spacial score (nSPS) is 17.0. The Morgan fingerprint density at radius 3 is 2.57 bits per heavy atom. The first-order valence-corrected chi connectivity index (χ1v) is 8.88. The summed E-state index contributed by atoms with van der Waals surface area (Å²) in [6, 6.07) is 0.558. The molecule has 1 amide bonds. The van der Waals surface area contributed by atoms with Gasteiger partial charge in [-0.05, 0) is 33.2 Å². The summed E-state index contributed by atoms with van der Waals surface area (Å²) in [4.78, 5) is 20.1. The molecule has 1 aromatic rings. The van der Waals surface area contributed by atoms with Crippen molar-refractivity contribution in [3.8, 4) is 0 Å². The predicted molar refractivity (Wildman–Crippen MR) is 89.0 cm³/mol. The molecule has 0 unspecified atom stereocenters. The highest BCUT2D eigenvalue weighted by Gasteiger charge is 2.19. The lowest BCUT2D eigenvalue weighted by molar-refractivity contribution is -0.117. The number of nitrogens with one attached hydrogen (secondary N) is 1. The molecular weight excluding hydrogens is 282 g/mol. The summed E-state index contributed by atoms with van der Waals surface area (Å²) in [5.41, 5.74) is 1.09. The van der Waals surface area contributed by atoms with Gasteiger partial charge in [-0.15, -0.1) is 11.3 Å². The van der Waals surface area contributed by atoms with Gasteiger partial charge in [0.25, 0.3) is 0 Å². The number of thiazole rings is 1. The molecule has 1 fully saturated rings. The molecule has 1 N–H and O–H groups in total. The van der Waals surface area contributed by atoms with Gasteiger partial charge in [0.2, 0.25) is 5.91 Å². The standard InChI is InChI=1S/C16H27N3OS/c1-4-14-12(2)21-16(17-14)18-15(20)11-19(3)13-9-7-5-6-8-10-13/h13H,4-11H2,1-3H3,(H,17,18,20). The number of carbonyl (C=O) groups excluding carboxylic acids is 1. The zero-order valence-electron chi connectivity index (χ0n) is 13.4. The first-order valence-electron chi connectivity index (χ1n) is 8.06. The van der Waals surface area contributed by atoms with E-state index in [4.69, 9.17) is 0 Å². The largest absolute Gasteiger partial charge is 0.301 e. The molecule has 21 heavy (non-hydrogen) atoms. The van der Waals surface area contributed by atoms with E-state index in [1.807, 2.05) is 0 Å². The van der Waals surface area contributed by atoms with Crippen LogP contribution in [-0.2, 0) is 11.2 Å². The molecule has 4 nitrogen and oxygen atoms in total. The van der Waals surface area contributed by atoms with Crippen LogP contribution in [0.15, 0.2) is 0 Å². The number of nitrogens with zero attached hydrogens (tertiary/aromatic N) is 2. The Kier molecular flexibility index (Phi) is 6.18. The molecule has 118 valence electrons. The predicted octanol–water partition coefficient (Wildman–Crippen LogP) is 3.61. The summed E-state index contributed by atoms with van der Waals surface area (Å²) in [6.07, 6.45) is 8.63. The molecule has 1 aromatic heterocycles. The Bertz CT molecular complexity index is 464. The molecule has 0 bridgehead atoms. The number of anilines is 1. The van der Waals surface area contributed by atoms with Crippen LogP contribution in [0, 0.1) is 6.92 Å². The average Bonchev–Trinajstić information content (AvgIpc) is 2.67. The van der Waals surface area contributed by atoms with Crippen molar-refractivity contribution in [1.82, 2.24) is 9.88 Å². The second-order valence-electron chi connectivity index (χ2n) is 5.98. The van der Waals surface area contributed by atoms with E-state index in [0.29, 0.717) is 12.6 Å². The van der Waals surface area contributed by atoms with Gasteiger partial charge < -0.3 is 5.32 Å². The Labute approximate surface area is 132 Å². The molecule has 0 spiro atoms. The van der Waals surface area contributed by atoms with Crippen LogP contribution in [0.3, 0.4) is 0 Å². The SMILES string of the molecule is CCc1nc(NC(=O)CN(C)C2CCCCCC2)sc1C. The van der Waals surface area contributed by atoms with Crippen molar-refractivity contribution in [3.05, 3.63) is 10.6 Å². The minimum atomic E-state index is 0.0538. The van der Waals surface area contributed by atoms with Crippen molar-refractivity contribution < 1.29 is 4.79 Å². The Balaban J connectivity index is 1.85. The number of amides is 1. The molecular formula is C16H27N3OS. The van der Waals surface area contributed by atoms with Crippen molar-refractivity contribution in [3.63, 3.8) is 0 Å². The molecule has 2 rings (SSSR count). The molecule has 5 heteroatoms. The Morgan fingerprint density at radius 1 is 1.33 bits per heavy atom. The summed E-state index contributed by atoms with van der Waals surface area (Å²) in [5.74, 6) is 0.0538. The molecule has 1 aliphatic carbocycles. The van der Waals surface area contributed by atoms with E-state index in [-0.39, 0.29) is 5.91 Å². The van der Waals surface area contributed by atoms with E-state index in [1.165, 1.54) is 43.4 Å². The van der Waals surface area contributed by atoms with Crippen LogP contribution in [-0.4, -0.2) is 35.4 Å². The first-order chi connectivity index (χ1) is 10.1. The molecule has 0 aromatic carbocycles. The van der Waals surface area contributed by atoms with Gasteiger partial charge >= 0.3 is 0 Å². The van der Waals surface area contributed by atoms with Crippen LogP contribution in [0.4, 0.5) is 5.13 Å². The smallest absolute Gasteiger partial charge is 0.240 e. The van der Waals surface area contributed by atoms with Crippen LogP contribution < -0.4 is 5.32 Å². The third-order valence-corrected chi connectivity index (χ3v) is 5.24. The van der Waals surface area contributed by atoms with Crippen LogP contribution in [0.25, 0.3) is 0 Å². The maximum Gasteiger partial charge on any atom is 0.240 e. The van der Waals surface area contributed by atoms with Crippen molar-refractivity contribution in [2.75, 3.05) is 18.9 Å². The topological polar surface area (TPSA) is 45.2 Å². The van der Waals surface area contributed by atoms with Gasteiger partial charge in [0, 0.05) is 10.9 Å². The zero-order chi connectivity index (χ0) is 15.2. The van der Waals surface area contributed by atoms with E-state index in [1.54, 1.807) is 11.3 Å². The maximum atomic E-state index is 12.2. The number of aryl methyl sites for hydroxylation is 2. The number of aromatic nitrogens is 1. The summed E-state index contributed by atoms with van der Waals surface area (Å²) >= 11 is 1.57. The van der Waals surface area contributed by atoms with Crippen molar-refractivity contribution >= 4 is 22.4 Å². The van der Waals surface area contributed by atoms with Gasteiger partial charge in [-0.3, -0.25) is 9.69 Å². The van der Waals surface area contributed by atoms with Crippen LogP contribution >= 0.6 is 11.3 Å². The number of rotatable bonds is 5. The van der Waals surface area contributed by atoms with Crippen molar-refractivity contribution in [2.24, 2.45) is 0 Å². The molecule has 0 aliphatic heterocycles. The molecule has 0 atom stereocenters. The highest BCUT2D eigenvalue weighted by atomic mass is 32.1. The van der Waals surface area contributed by atoms with Crippen molar-refractivity contribution in [1.29, 1.82) is 0 Å². The fourth-order valence-corrected chi connectivity index (χ4v) is 3.94. The van der Waals surface area contributed by atoms with Crippen molar-refractivity contribution in [2.45, 2.75) is 64.8 Å². The van der Waals surface area contributed by atoms with Gasteiger partial charge in [0.1, 0.15) is 0 Å². The number of hydrogen-bond donors (Lipinski definition) is 1. The van der Waals surface area contributed by atoms with E-state index in [9.17, 15) is 4.79 Å². The third kappa shape index (κ3) is 4.78. The fourth-order valence-electron chi connectivity index (χ4n) is 3.02. The van der Waals surface area contributed by atoms with E-state index < -0.39 is 0 Å². The lowest BCUT2D eigenvalue weighted by Crippen LogP contribution is -2.37. The molecule has 0 saturated heterocycles. The van der Waals surface area contributed by atoms with Gasteiger partial charge in [-0.2, -0.15) is 0 Å². The van der Waals surface area contributed by atoms with Gasteiger partial charge in [0.05, 0.1) is 12.2 Å². The van der Waals surface area contributed by atoms with Gasteiger partial charge in [0.15, 0.2) is 5.13 Å². The third-order valence-electron chi connectivity index (χ3n) is 4.31. The number of hydrogen-bond acceptors (Lipinski definition) is 4. The Hall–Kier alpha value is -0.940. The molecule has 1 aliphatic rings. The molecule has 1 saturated carbocycles. The van der Waals surface area contributed by atoms with E-state index in [2.05, 4.69) is 36.1 Å². The molecule has 0 radical (unpaired) electrons. The summed E-state index contributed by atoms with van der Waals surface area (Å²) in [7, 11) is 2.07. The van der Waals surface area contributed by atoms with E-state index in [0.717, 1.165) is 17.2 Å². The summed E-state index contributed by atoms with van der Waals surface area (Å²) in [6.45, 7) is 4.61. The fraction of sp³-hybridized carbons (Fsp3) is 0.750. The number of carbonyl (C=O) groups is 1. The highest BCUT2D eigenvalue weighted by Crippen LogP contribution is 2.23. The van der Waals surface area contributed by atoms with Gasteiger partial charge in [-0.25, -0.2) is 4.98 Å². The van der Waals surface area contributed by atoms with Gasteiger partial charge in [-0.1, -0.05) is 32.6 Å². The maximum absolute atomic E-state index is 12.2. The average molecular weight is 309 g/mol. The minimum absolute atomic E-state index is 0.0538. The highest BCUT2D eigenvalue weighted by molar-refractivity contribution is 7.15. The minimum Gasteiger partial charge on any atom is -0.301 e. The van der Waals surface area contributed by atoms with E-state index >= 15 is 0 Å². The zero-order valence-corrected chi connectivity index (χ0v) is 14.3. The summed E-state index contributed by atoms with van der Waals surface area (Å²) in [5, 5.41) is 3.69. The van der Waals surface area contributed by atoms with Crippen LogP contribution in [0.2, 0.25) is 0 Å².